The van der Waals surface area contributed by atoms with Crippen LogP contribution in [-0.4, -0.2) is 32.1 Å². The van der Waals surface area contributed by atoms with E-state index in [9.17, 15) is 14.9 Å². The van der Waals surface area contributed by atoms with E-state index in [1.807, 2.05) is 85.9 Å². The van der Waals surface area contributed by atoms with Crippen LogP contribution < -0.4 is 9.92 Å². The van der Waals surface area contributed by atoms with E-state index in [4.69, 9.17) is 4.74 Å². The number of ether oxygens (including phenoxy) is 1. The smallest absolute Gasteiger partial charge is 0.211 e. The zero-order valence-electron chi connectivity index (χ0n) is 18.0. The fourth-order valence-corrected chi connectivity index (χ4v) is 6.50. The summed E-state index contributed by atoms with van der Waals surface area (Å²) in [5.41, 5.74) is 1.54. The van der Waals surface area contributed by atoms with Crippen molar-refractivity contribution < 1.29 is 14.5 Å². The molecule has 3 aromatic carbocycles. The van der Waals surface area contributed by atoms with Crippen LogP contribution in [0.5, 0.6) is 5.75 Å². The Bertz CT molecular complexity index is 1040. The minimum Gasteiger partial charge on any atom is -0.497 e. The van der Waals surface area contributed by atoms with Gasteiger partial charge in [0.2, 0.25) is 6.54 Å². The van der Waals surface area contributed by atoms with Crippen LogP contribution in [0.2, 0.25) is 13.1 Å². The van der Waals surface area contributed by atoms with E-state index in [1.54, 1.807) is 19.2 Å². The lowest BCUT2D eigenvalue weighted by Gasteiger charge is -2.31. The minimum atomic E-state index is -2.59. The molecule has 0 heterocycles. The van der Waals surface area contributed by atoms with Crippen molar-refractivity contribution in [2.75, 3.05) is 13.7 Å². The molecule has 0 fully saturated rings. The summed E-state index contributed by atoms with van der Waals surface area (Å²) in [7, 11) is -1.03. The first-order chi connectivity index (χ1) is 14.8. The molecule has 0 aliphatic rings. The fraction of sp³-hybridized carbons (Fsp3) is 0.240. The Morgan fingerprint density at radius 3 is 2.10 bits per heavy atom. The van der Waals surface area contributed by atoms with E-state index in [0.29, 0.717) is 5.75 Å². The SMILES string of the molecule is COc1cccc([C@H](C[N+](=O)[O-])[C@H](C(=O)[Si](C)(C)c2ccccc2)c2ccccc2)c1. The maximum Gasteiger partial charge on any atom is 0.211 e. The summed E-state index contributed by atoms with van der Waals surface area (Å²) in [6.07, 6.45) is 0. The van der Waals surface area contributed by atoms with Gasteiger partial charge in [0.1, 0.15) is 11.2 Å². The Balaban J connectivity index is 2.16. The number of nitrogens with zero attached hydrogens (tertiary/aromatic N) is 1. The fourth-order valence-electron chi connectivity index (χ4n) is 4.05. The molecule has 0 aliphatic heterocycles. The standard InChI is InChI=1S/C25H27NO4Si/c1-30-21-14-10-13-20(17-21)23(18-26(28)29)24(19-11-6-4-7-12-19)25(27)31(2,3)22-15-8-5-9-16-22/h4-17,23-24H,18H2,1-3H3/t23-,24+/m0/s1. The van der Waals surface area contributed by atoms with Gasteiger partial charge in [0, 0.05) is 4.92 Å². The molecule has 3 aromatic rings. The number of benzene rings is 3. The minimum absolute atomic E-state index is 0.0829. The van der Waals surface area contributed by atoms with Crippen LogP contribution in [0.25, 0.3) is 0 Å². The van der Waals surface area contributed by atoms with Crippen LogP contribution in [0.4, 0.5) is 0 Å². The van der Waals surface area contributed by atoms with Gasteiger partial charge in [-0.05, 0) is 23.3 Å². The highest BCUT2D eigenvalue weighted by atomic mass is 28.3. The van der Waals surface area contributed by atoms with Crippen LogP contribution in [-0.2, 0) is 4.79 Å². The zero-order chi connectivity index (χ0) is 22.4. The number of carbonyl (C=O) groups is 1. The maximum absolute atomic E-state index is 14.1. The first kappa shape index (κ1) is 22.4. The van der Waals surface area contributed by atoms with Crippen molar-refractivity contribution >= 4 is 18.7 Å². The molecule has 3 rings (SSSR count). The Morgan fingerprint density at radius 2 is 1.52 bits per heavy atom. The molecule has 6 heteroatoms. The molecule has 0 radical (unpaired) electrons. The van der Waals surface area contributed by atoms with E-state index in [0.717, 1.165) is 16.3 Å². The van der Waals surface area contributed by atoms with Gasteiger partial charge in [-0.15, -0.1) is 0 Å². The first-order valence-electron chi connectivity index (χ1n) is 10.2. The summed E-state index contributed by atoms with van der Waals surface area (Å²) in [6, 6.07) is 26.5. The molecule has 0 bridgehead atoms. The van der Waals surface area contributed by atoms with E-state index < -0.39 is 19.9 Å². The molecule has 0 unspecified atom stereocenters. The second-order valence-corrected chi connectivity index (χ2v) is 12.5. The van der Waals surface area contributed by atoms with E-state index in [1.165, 1.54) is 0 Å². The predicted molar refractivity (Wildman–Crippen MR) is 125 cm³/mol. The molecule has 0 N–H and O–H groups in total. The van der Waals surface area contributed by atoms with Gasteiger partial charge in [0.25, 0.3) is 0 Å². The maximum atomic E-state index is 14.1. The lowest BCUT2D eigenvalue weighted by molar-refractivity contribution is -0.483. The van der Waals surface area contributed by atoms with Gasteiger partial charge in [-0.2, -0.15) is 0 Å². The topological polar surface area (TPSA) is 69.4 Å². The molecular formula is C25H27NO4Si. The van der Waals surface area contributed by atoms with Gasteiger partial charge in [0.05, 0.1) is 18.9 Å². The highest BCUT2D eigenvalue weighted by Crippen LogP contribution is 2.37. The van der Waals surface area contributed by atoms with E-state index in [-0.39, 0.29) is 16.9 Å². The summed E-state index contributed by atoms with van der Waals surface area (Å²) < 4.78 is 5.35. The molecule has 31 heavy (non-hydrogen) atoms. The molecule has 160 valence electrons. The number of nitro groups is 1. The van der Waals surface area contributed by atoms with Crippen molar-refractivity contribution in [3.05, 3.63) is 106 Å². The van der Waals surface area contributed by atoms with Crippen LogP contribution in [0.3, 0.4) is 0 Å². The highest BCUT2D eigenvalue weighted by Gasteiger charge is 2.43. The highest BCUT2D eigenvalue weighted by molar-refractivity contribution is 7.13. The normalized spacial score (nSPS) is 13.3. The molecule has 0 amide bonds. The van der Waals surface area contributed by atoms with Gasteiger partial charge in [0.15, 0.2) is 8.07 Å². The Hall–Kier alpha value is -3.25. The zero-order valence-corrected chi connectivity index (χ0v) is 19.0. The molecule has 0 aliphatic carbocycles. The van der Waals surface area contributed by atoms with Crippen molar-refractivity contribution in [1.82, 2.24) is 0 Å². The van der Waals surface area contributed by atoms with Crippen LogP contribution in [0.15, 0.2) is 84.9 Å². The Morgan fingerprint density at radius 1 is 0.935 bits per heavy atom. The molecule has 0 saturated heterocycles. The van der Waals surface area contributed by atoms with E-state index in [2.05, 4.69) is 0 Å². The largest absolute Gasteiger partial charge is 0.497 e. The number of carbonyl (C=O) groups excluding carboxylic acids is 1. The molecule has 0 aromatic heterocycles. The average Bonchev–Trinajstić information content (AvgIpc) is 2.79. The number of rotatable bonds is 9. The Kier molecular flexibility index (Phi) is 7.02. The van der Waals surface area contributed by atoms with Gasteiger partial charge in [-0.3, -0.25) is 10.1 Å². The van der Waals surface area contributed by atoms with Crippen molar-refractivity contribution in [2.24, 2.45) is 0 Å². The van der Waals surface area contributed by atoms with Crippen molar-refractivity contribution in [3.8, 4) is 5.75 Å². The number of hydrogen-bond acceptors (Lipinski definition) is 4. The van der Waals surface area contributed by atoms with Crippen LogP contribution in [0, 0.1) is 10.1 Å². The monoisotopic (exact) mass is 433 g/mol. The third kappa shape index (κ3) is 5.09. The lowest BCUT2D eigenvalue weighted by Crippen LogP contribution is -2.53. The predicted octanol–water partition coefficient (Wildman–Crippen LogP) is 4.56. The number of hydrogen-bond donors (Lipinski definition) is 0. The molecular weight excluding hydrogens is 406 g/mol. The summed E-state index contributed by atoms with van der Waals surface area (Å²) >= 11 is 0. The summed E-state index contributed by atoms with van der Waals surface area (Å²) in [5.74, 6) is -0.610. The summed E-state index contributed by atoms with van der Waals surface area (Å²) in [6.45, 7) is 3.71. The summed E-state index contributed by atoms with van der Waals surface area (Å²) in [5, 5.41) is 12.8. The lowest BCUT2D eigenvalue weighted by atomic mass is 9.82. The van der Waals surface area contributed by atoms with Crippen molar-refractivity contribution in [1.29, 1.82) is 0 Å². The van der Waals surface area contributed by atoms with Gasteiger partial charge in [-0.1, -0.05) is 91.1 Å². The van der Waals surface area contributed by atoms with Crippen molar-refractivity contribution in [3.63, 3.8) is 0 Å². The quantitative estimate of drug-likeness (QED) is 0.282. The molecule has 0 saturated carbocycles. The average molecular weight is 434 g/mol. The van der Waals surface area contributed by atoms with Crippen molar-refractivity contribution in [2.45, 2.75) is 24.9 Å². The second-order valence-electron chi connectivity index (χ2n) is 8.14. The Labute approximate surface area is 183 Å². The molecule has 0 spiro atoms. The van der Waals surface area contributed by atoms with Gasteiger partial charge < -0.3 is 9.53 Å². The number of methoxy groups -OCH3 is 1. The third-order valence-electron chi connectivity index (χ3n) is 5.82. The third-order valence-corrected chi connectivity index (χ3v) is 9.14. The van der Waals surface area contributed by atoms with Crippen LogP contribution in [0.1, 0.15) is 23.0 Å². The molecule has 5 nitrogen and oxygen atoms in total. The van der Waals surface area contributed by atoms with Gasteiger partial charge >= 0.3 is 0 Å². The van der Waals surface area contributed by atoms with Gasteiger partial charge in [-0.25, -0.2) is 0 Å². The molecule has 2 atom stereocenters. The second kappa shape index (κ2) is 9.70. The van der Waals surface area contributed by atoms with Crippen LogP contribution >= 0.6 is 0 Å². The van der Waals surface area contributed by atoms with E-state index >= 15 is 0 Å². The summed E-state index contributed by atoms with van der Waals surface area (Å²) in [4.78, 5) is 25.5. The first-order valence-corrected chi connectivity index (χ1v) is 13.2.